The van der Waals surface area contributed by atoms with Crippen LogP contribution in [0, 0.1) is 5.92 Å². The lowest BCUT2D eigenvalue weighted by Crippen LogP contribution is -1.99. The zero-order chi connectivity index (χ0) is 12.4. The van der Waals surface area contributed by atoms with Gasteiger partial charge in [0.25, 0.3) is 0 Å². The summed E-state index contributed by atoms with van der Waals surface area (Å²) in [6.07, 6.45) is 0. The van der Waals surface area contributed by atoms with Crippen molar-refractivity contribution < 1.29 is 0 Å². The van der Waals surface area contributed by atoms with Crippen molar-refractivity contribution in [3.05, 3.63) is 73.5 Å². The van der Waals surface area contributed by atoms with Crippen LogP contribution in [0.2, 0.25) is 5.02 Å². The standard InChI is InChI=1S/C14H10Br2Cl/c1-9(11-4-2-3-5-13(11)15)12-8-10(17)6-7-14(12)16/h2-8H,1H3. The number of benzene rings is 2. The van der Waals surface area contributed by atoms with E-state index in [9.17, 15) is 0 Å². The molecule has 0 atom stereocenters. The first-order valence-electron chi connectivity index (χ1n) is 5.13. The van der Waals surface area contributed by atoms with Crippen LogP contribution in [0.1, 0.15) is 18.1 Å². The molecule has 0 aliphatic carbocycles. The third-order valence-corrected chi connectivity index (χ3v) is 4.23. The molecule has 2 rings (SSSR count). The summed E-state index contributed by atoms with van der Waals surface area (Å²) in [6, 6.07) is 14.0. The van der Waals surface area contributed by atoms with Crippen molar-refractivity contribution >= 4 is 43.5 Å². The van der Waals surface area contributed by atoms with E-state index in [1.165, 1.54) is 11.5 Å². The predicted molar refractivity (Wildman–Crippen MR) is 80.4 cm³/mol. The van der Waals surface area contributed by atoms with Crippen LogP contribution < -0.4 is 0 Å². The summed E-state index contributed by atoms with van der Waals surface area (Å²) in [5, 5.41) is 0.745. The minimum atomic E-state index is 0.745. The van der Waals surface area contributed by atoms with Gasteiger partial charge < -0.3 is 0 Å². The van der Waals surface area contributed by atoms with Crippen LogP contribution in [0.4, 0.5) is 0 Å². The van der Waals surface area contributed by atoms with E-state index in [0.717, 1.165) is 19.5 Å². The molecule has 1 radical (unpaired) electrons. The lowest BCUT2D eigenvalue weighted by Gasteiger charge is -2.15. The minimum absolute atomic E-state index is 0.745. The Morgan fingerprint density at radius 2 is 1.59 bits per heavy atom. The number of halogens is 3. The molecule has 0 amide bonds. The maximum Gasteiger partial charge on any atom is 0.0409 e. The van der Waals surface area contributed by atoms with Crippen LogP contribution in [-0.4, -0.2) is 0 Å². The minimum Gasteiger partial charge on any atom is -0.0843 e. The molecule has 0 unspecified atom stereocenters. The van der Waals surface area contributed by atoms with Gasteiger partial charge in [-0.15, -0.1) is 0 Å². The Morgan fingerprint density at radius 1 is 0.941 bits per heavy atom. The third-order valence-electron chi connectivity index (χ3n) is 2.61. The van der Waals surface area contributed by atoms with Crippen molar-refractivity contribution in [1.29, 1.82) is 0 Å². The van der Waals surface area contributed by atoms with Crippen molar-refractivity contribution in [2.24, 2.45) is 0 Å². The van der Waals surface area contributed by atoms with E-state index in [1.807, 2.05) is 36.4 Å². The van der Waals surface area contributed by atoms with E-state index in [1.54, 1.807) is 0 Å². The number of rotatable bonds is 2. The van der Waals surface area contributed by atoms with Crippen LogP contribution in [0.3, 0.4) is 0 Å². The third kappa shape index (κ3) is 2.93. The fraction of sp³-hybridized carbons (Fsp3) is 0.0714. The highest BCUT2D eigenvalue weighted by atomic mass is 79.9. The average Bonchev–Trinajstić information content (AvgIpc) is 2.32. The Morgan fingerprint density at radius 3 is 2.29 bits per heavy atom. The van der Waals surface area contributed by atoms with Gasteiger partial charge in [0.2, 0.25) is 0 Å². The van der Waals surface area contributed by atoms with E-state index < -0.39 is 0 Å². The first kappa shape index (κ1) is 13.1. The van der Waals surface area contributed by atoms with E-state index in [-0.39, 0.29) is 0 Å². The van der Waals surface area contributed by atoms with E-state index >= 15 is 0 Å². The summed E-state index contributed by atoms with van der Waals surface area (Å²) in [6.45, 7) is 2.09. The molecule has 2 aromatic carbocycles. The van der Waals surface area contributed by atoms with Gasteiger partial charge in [0.15, 0.2) is 0 Å². The molecule has 0 N–H and O–H groups in total. The van der Waals surface area contributed by atoms with Crippen LogP contribution >= 0.6 is 43.5 Å². The molecule has 2 aromatic rings. The van der Waals surface area contributed by atoms with Gasteiger partial charge in [-0.3, -0.25) is 0 Å². The van der Waals surface area contributed by atoms with Crippen LogP contribution in [-0.2, 0) is 0 Å². The Balaban J connectivity index is 2.47. The molecule has 0 bridgehead atoms. The molecule has 17 heavy (non-hydrogen) atoms. The van der Waals surface area contributed by atoms with Gasteiger partial charge in [-0.05, 0) is 35.4 Å². The molecule has 3 heteroatoms. The molecule has 0 nitrogen and oxygen atoms in total. The Bertz CT molecular complexity index is 537. The largest absolute Gasteiger partial charge is 0.0843 e. The van der Waals surface area contributed by atoms with Gasteiger partial charge in [0.1, 0.15) is 0 Å². The summed E-state index contributed by atoms with van der Waals surface area (Å²) >= 11 is 13.2. The molecule has 0 heterocycles. The number of hydrogen-bond acceptors (Lipinski definition) is 0. The Labute approximate surface area is 123 Å². The molecule has 0 aliphatic heterocycles. The van der Waals surface area contributed by atoms with E-state index in [2.05, 4.69) is 44.8 Å². The highest BCUT2D eigenvalue weighted by Crippen LogP contribution is 2.34. The van der Waals surface area contributed by atoms with Crippen molar-refractivity contribution in [2.45, 2.75) is 6.92 Å². The zero-order valence-corrected chi connectivity index (χ0v) is 13.1. The summed E-state index contributed by atoms with van der Waals surface area (Å²) in [7, 11) is 0. The monoisotopic (exact) mass is 371 g/mol. The van der Waals surface area contributed by atoms with Gasteiger partial charge in [-0.25, -0.2) is 0 Å². The summed E-state index contributed by atoms with van der Waals surface area (Å²) in [4.78, 5) is 0. The molecule has 0 saturated carbocycles. The van der Waals surface area contributed by atoms with Crippen LogP contribution in [0.25, 0.3) is 0 Å². The second-order valence-corrected chi connectivity index (χ2v) is 5.87. The topological polar surface area (TPSA) is 0 Å². The van der Waals surface area contributed by atoms with Gasteiger partial charge in [0, 0.05) is 19.9 Å². The van der Waals surface area contributed by atoms with Gasteiger partial charge >= 0.3 is 0 Å². The SMILES string of the molecule is C[C](c1ccccc1Br)c1cc(Cl)ccc1Br. The van der Waals surface area contributed by atoms with Crippen molar-refractivity contribution in [3.8, 4) is 0 Å². The molecule has 87 valence electrons. The van der Waals surface area contributed by atoms with E-state index in [4.69, 9.17) is 11.6 Å². The first-order valence-corrected chi connectivity index (χ1v) is 7.10. The molecular weight excluding hydrogens is 363 g/mol. The fourth-order valence-corrected chi connectivity index (χ4v) is 2.99. The summed E-state index contributed by atoms with van der Waals surface area (Å²) in [5.41, 5.74) is 2.29. The van der Waals surface area contributed by atoms with Gasteiger partial charge in [-0.2, -0.15) is 0 Å². The van der Waals surface area contributed by atoms with Gasteiger partial charge in [-0.1, -0.05) is 68.6 Å². The van der Waals surface area contributed by atoms with E-state index in [0.29, 0.717) is 0 Å². The molecule has 0 aromatic heterocycles. The fourth-order valence-electron chi connectivity index (χ4n) is 1.70. The summed E-state index contributed by atoms with van der Waals surface area (Å²) < 4.78 is 2.14. The maximum absolute atomic E-state index is 6.04. The molecular formula is C14H10Br2Cl. The normalized spacial score (nSPS) is 10.9. The molecule has 0 fully saturated rings. The highest BCUT2D eigenvalue weighted by molar-refractivity contribution is 9.10. The average molecular weight is 373 g/mol. The van der Waals surface area contributed by atoms with Crippen LogP contribution in [0.5, 0.6) is 0 Å². The smallest absolute Gasteiger partial charge is 0.0409 e. The second kappa shape index (κ2) is 5.55. The Hall–Kier alpha value is -0.310. The van der Waals surface area contributed by atoms with Crippen molar-refractivity contribution in [1.82, 2.24) is 0 Å². The molecule has 0 saturated heterocycles. The highest BCUT2D eigenvalue weighted by Gasteiger charge is 2.15. The lowest BCUT2D eigenvalue weighted by atomic mass is 9.93. The van der Waals surface area contributed by atoms with Crippen molar-refractivity contribution in [2.75, 3.05) is 0 Å². The number of hydrogen-bond donors (Lipinski definition) is 0. The first-order chi connectivity index (χ1) is 8.09. The maximum atomic E-state index is 6.04. The molecule has 0 aliphatic rings. The van der Waals surface area contributed by atoms with Crippen molar-refractivity contribution in [3.63, 3.8) is 0 Å². The lowest BCUT2D eigenvalue weighted by molar-refractivity contribution is 1.17. The Kier molecular flexibility index (Phi) is 4.29. The summed E-state index contributed by atoms with van der Waals surface area (Å²) in [5.74, 6) is 1.19. The van der Waals surface area contributed by atoms with Crippen LogP contribution in [0.15, 0.2) is 51.4 Å². The predicted octanol–water partition coefficient (Wildman–Crippen LogP) is 5.86. The quantitative estimate of drug-likeness (QED) is 0.619. The molecule has 0 spiro atoms. The second-order valence-electron chi connectivity index (χ2n) is 3.73. The zero-order valence-electron chi connectivity index (χ0n) is 9.18. The van der Waals surface area contributed by atoms with Gasteiger partial charge in [0.05, 0.1) is 0 Å².